The molecule has 0 spiro atoms. The number of pyridine rings is 1. The number of halogens is 1. The second kappa shape index (κ2) is 7.50. The van der Waals surface area contributed by atoms with Crippen molar-refractivity contribution >= 4 is 5.82 Å². The molecule has 0 radical (unpaired) electrons. The third kappa shape index (κ3) is 3.84. The number of hydrogen-bond donors (Lipinski definition) is 1. The zero-order valence-electron chi connectivity index (χ0n) is 13.2. The SMILES string of the molecule is CCOc1cncc(NC(c2cccc(F)c2)c2ccccn2)n1. The number of nitrogens with one attached hydrogen (secondary N) is 1. The Balaban J connectivity index is 1.95. The van der Waals surface area contributed by atoms with Gasteiger partial charge in [-0.3, -0.25) is 9.97 Å². The molecule has 2 aromatic heterocycles. The molecule has 24 heavy (non-hydrogen) atoms. The lowest BCUT2D eigenvalue weighted by Crippen LogP contribution is -2.15. The quantitative estimate of drug-likeness (QED) is 0.750. The Morgan fingerprint density at radius 1 is 1.17 bits per heavy atom. The summed E-state index contributed by atoms with van der Waals surface area (Å²) in [5.41, 5.74) is 1.50. The molecule has 2 heterocycles. The van der Waals surface area contributed by atoms with E-state index in [4.69, 9.17) is 4.74 Å². The molecule has 1 atom stereocenters. The van der Waals surface area contributed by atoms with Crippen LogP contribution in [0.2, 0.25) is 0 Å². The number of benzene rings is 1. The molecule has 0 aliphatic rings. The van der Waals surface area contributed by atoms with Gasteiger partial charge in [0.2, 0.25) is 5.88 Å². The van der Waals surface area contributed by atoms with Crippen LogP contribution in [0.3, 0.4) is 0 Å². The Morgan fingerprint density at radius 2 is 2.08 bits per heavy atom. The first-order valence-corrected chi connectivity index (χ1v) is 7.64. The number of ether oxygens (including phenoxy) is 1. The van der Waals surface area contributed by atoms with E-state index in [1.165, 1.54) is 12.1 Å². The van der Waals surface area contributed by atoms with Gasteiger partial charge in [-0.05, 0) is 36.8 Å². The van der Waals surface area contributed by atoms with Crippen LogP contribution < -0.4 is 10.1 Å². The van der Waals surface area contributed by atoms with Crippen molar-refractivity contribution in [2.24, 2.45) is 0 Å². The first kappa shape index (κ1) is 15.9. The molecule has 1 N–H and O–H groups in total. The van der Waals surface area contributed by atoms with E-state index in [0.29, 0.717) is 18.3 Å². The van der Waals surface area contributed by atoms with Gasteiger partial charge in [0, 0.05) is 6.20 Å². The molecule has 1 aromatic carbocycles. The van der Waals surface area contributed by atoms with E-state index in [-0.39, 0.29) is 11.9 Å². The van der Waals surface area contributed by atoms with Crippen LogP contribution in [0, 0.1) is 5.82 Å². The fraction of sp³-hybridized carbons (Fsp3) is 0.167. The highest BCUT2D eigenvalue weighted by Crippen LogP contribution is 2.25. The summed E-state index contributed by atoms with van der Waals surface area (Å²) in [6.07, 6.45) is 4.84. The van der Waals surface area contributed by atoms with Crippen LogP contribution in [0.25, 0.3) is 0 Å². The fourth-order valence-corrected chi connectivity index (χ4v) is 2.34. The summed E-state index contributed by atoms with van der Waals surface area (Å²) in [7, 11) is 0. The molecule has 0 fully saturated rings. The van der Waals surface area contributed by atoms with Crippen molar-refractivity contribution in [3.05, 3.63) is 78.1 Å². The molecule has 3 rings (SSSR count). The fourth-order valence-electron chi connectivity index (χ4n) is 2.34. The monoisotopic (exact) mass is 324 g/mol. The summed E-state index contributed by atoms with van der Waals surface area (Å²) in [4.78, 5) is 12.9. The van der Waals surface area contributed by atoms with Crippen LogP contribution in [0.15, 0.2) is 61.1 Å². The smallest absolute Gasteiger partial charge is 0.234 e. The molecule has 0 saturated heterocycles. The lowest BCUT2D eigenvalue weighted by molar-refractivity contribution is 0.325. The van der Waals surface area contributed by atoms with E-state index in [1.54, 1.807) is 24.7 Å². The standard InChI is InChI=1S/C18H17FN4O/c1-2-24-17-12-20-11-16(22-17)23-18(15-8-3-4-9-21-15)13-6-5-7-14(19)10-13/h3-12,18H,2H2,1H3,(H,22,23). The summed E-state index contributed by atoms with van der Waals surface area (Å²) in [5.74, 6) is 0.659. The Kier molecular flexibility index (Phi) is 4.96. The van der Waals surface area contributed by atoms with Crippen molar-refractivity contribution in [1.29, 1.82) is 0 Å². The molecule has 0 aliphatic heterocycles. The zero-order valence-corrected chi connectivity index (χ0v) is 13.2. The van der Waals surface area contributed by atoms with Gasteiger partial charge in [-0.15, -0.1) is 0 Å². The predicted molar refractivity (Wildman–Crippen MR) is 89.3 cm³/mol. The summed E-state index contributed by atoms with van der Waals surface area (Å²) in [6.45, 7) is 2.39. The van der Waals surface area contributed by atoms with Gasteiger partial charge < -0.3 is 10.1 Å². The van der Waals surface area contributed by atoms with Crippen molar-refractivity contribution in [3.8, 4) is 5.88 Å². The number of hydrogen-bond acceptors (Lipinski definition) is 5. The number of anilines is 1. The highest BCUT2D eigenvalue weighted by Gasteiger charge is 2.17. The second-order valence-corrected chi connectivity index (χ2v) is 5.06. The largest absolute Gasteiger partial charge is 0.477 e. The highest BCUT2D eigenvalue weighted by molar-refractivity contribution is 5.42. The van der Waals surface area contributed by atoms with E-state index in [2.05, 4.69) is 20.3 Å². The molecule has 122 valence electrons. The van der Waals surface area contributed by atoms with Crippen LogP contribution in [0.1, 0.15) is 24.2 Å². The minimum absolute atomic E-state index is 0.301. The Hall–Kier alpha value is -3.02. The van der Waals surface area contributed by atoms with Crippen molar-refractivity contribution < 1.29 is 9.13 Å². The molecule has 6 heteroatoms. The van der Waals surface area contributed by atoms with Crippen molar-refractivity contribution in [1.82, 2.24) is 15.0 Å². The summed E-state index contributed by atoms with van der Waals surface area (Å²) < 4.78 is 19.0. The van der Waals surface area contributed by atoms with Gasteiger partial charge in [-0.25, -0.2) is 4.39 Å². The first-order chi connectivity index (χ1) is 11.8. The minimum atomic E-state index is -0.354. The van der Waals surface area contributed by atoms with Gasteiger partial charge in [0.15, 0.2) is 0 Å². The Bertz CT molecular complexity index is 798. The molecule has 0 saturated carbocycles. The number of aromatic nitrogens is 3. The molecule has 0 bridgehead atoms. The van der Waals surface area contributed by atoms with Gasteiger partial charge in [0.25, 0.3) is 0 Å². The van der Waals surface area contributed by atoms with Crippen LogP contribution in [-0.4, -0.2) is 21.6 Å². The first-order valence-electron chi connectivity index (χ1n) is 7.64. The zero-order chi connectivity index (χ0) is 16.8. The van der Waals surface area contributed by atoms with Gasteiger partial charge in [-0.2, -0.15) is 4.98 Å². The van der Waals surface area contributed by atoms with Crippen LogP contribution in [0.4, 0.5) is 10.2 Å². The van der Waals surface area contributed by atoms with E-state index in [0.717, 1.165) is 11.3 Å². The van der Waals surface area contributed by atoms with E-state index >= 15 is 0 Å². The van der Waals surface area contributed by atoms with Crippen LogP contribution in [-0.2, 0) is 0 Å². The number of nitrogens with zero attached hydrogens (tertiary/aromatic N) is 3. The summed E-state index contributed by atoms with van der Waals surface area (Å²) >= 11 is 0. The average molecular weight is 324 g/mol. The van der Waals surface area contributed by atoms with Crippen molar-refractivity contribution in [2.75, 3.05) is 11.9 Å². The molecule has 3 aromatic rings. The van der Waals surface area contributed by atoms with E-state index in [1.807, 2.05) is 31.2 Å². The third-order valence-corrected chi connectivity index (χ3v) is 3.36. The predicted octanol–water partition coefficient (Wildman–Crippen LogP) is 3.61. The maximum absolute atomic E-state index is 13.7. The molecular weight excluding hydrogens is 307 g/mol. The summed E-state index contributed by atoms with van der Waals surface area (Å²) in [5, 5.41) is 3.25. The van der Waals surface area contributed by atoms with Gasteiger partial charge in [0.05, 0.1) is 30.7 Å². The molecule has 0 aliphatic carbocycles. The minimum Gasteiger partial charge on any atom is -0.477 e. The van der Waals surface area contributed by atoms with Gasteiger partial charge in [0.1, 0.15) is 11.6 Å². The van der Waals surface area contributed by atoms with Crippen LogP contribution in [0.5, 0.6) is 5.88 Å². The second-order valence-electron chi connectivity index (χ2n) is 5.06. The molecule has 1 unspecified atom stereocenters. The maximum Gasteiger partial charge on any atom is 0.234 e. The number of rotatable bonds is 6. The van der Waals surface area contributed by atoms with Crippen molar-refractivity contribution in [3.63, 3.8) is 0 Å². The summed E-state index contributed by atoms with van der Waals surface area (Å²) in [6, 6.07) is 11.6. The normalized spacial score (nSPS) is 11.8. The van der Waals surface area contributed by atoms with Gasteiger partial charge in [-0.1, -0.05) is 18.2 Å². The van der Waals surface area contributed by atoms with Crippen molar-refractivity contribution in [2.45, 2.75) is 13.0 Å². The van der Waals surface area contributed by atoms with Gasteiger partial charge >= 0.3 is 0 Å². The third-order valence-electron chi connectivity index (χ3n) is 3.36. The topological polar surface area (TPSA) is 59.9 Å². The maximum atomic E-state index is 13.7. The molecular formula is C18H17FN4O. The lowest BCUT2D eigenvalue weighted by Gasteiger charge is -2.19. The molecule has 0 amide bonds. The Labute approximate surface area is 139 Å². The molecule has 5 nitrogen and oxygen atoms in total. The average Bonchev–Trinajstić information content (AvgIpc) is 2.61. The Morgan fingerprint density at radius 3 is 2.83 bits per heavy atom. The van der Waals surface area contributed by atoms with E-state index in [9.17, 15) is 4.39 Å². The van der Waals surface area contributed by atoms with E-state index < -0.39 is 0 Å². The van der Waals surface area contributed by atoms with Crippen LogP contribution >= 0.6 is 0 Å². The lowest BCUT2D eigenvalue weighted by atomic mass is 10.0. The highest BCUT2D eigenvalue weighted by atomic mass is 19.1.